The van der Waals surface area contributed by atoms with Gasteiger partial charge < -0.3 is 5.32 Å². The van der Waals surface area contributed by atoms with E-state index in [1.54, 1.807) is 0 Å². The van der Waals surface area contributed by atoms with E-state index in [1.165, 1.54) is 38.5 Å². The van der Waals surface area contributed by atoms with E-state index in [1.807, 2.05) is 0 Å². The molecule has 1 nitrogen and oxygen atoms in total. The van der Waals surface area contributed by atoms with Gasteiger partial charge in [0.1, 0.15) is 0 Å². The number of hydrogen-bond donors (Lipinski definition) is 1. The summed E-state index contributed by atoms with van der Waals surface area (Å²) in [6, 6.07) is 0.637. The zero-order chi connectivity index (χ0) is 13.4. The third kappa shape index (κ3) is 4.32. The normalized spacial score (nSPS) is 19.9. The summed E-state index contributed by atoms with van der Waals surface area (Å²) in [5, 5.41) is 3.80. The smallest absolute Gasteiger partial charge is 0.0133 e. The Morgan fingerprint density at radius 3 is 2.44 bits per heavy atom. The largest absolute Gasteiger partial charge is 0.313 e. The molecular weight excluding hydrogens is 218 g/mol. The Hall–Kier alpha value is -0.480. The van der Waals surface area contributed by atoms with Crippen molar-refractivity contribution in [1.82, 2.24) is 5.32 Å². The van der Waals surface area contributed by atoms with E-state index >= 15 is 0 Å². The van der Waals surface area contributed by atoms with Crippen molar-refractivity contribution < 1.29 is 0 Å². The van der Waals surface area contributed by atoms with Crippen LogP contribution in [0.15, 0.2) is 0 Å². The van der Waals surface area contributed by atoms with Crippen molar-refractivity contribution >= 4 is 0 Å². The van der Waals surface area contributed by atoms with Crippen molar-refractivity contribution in [3.05, 3.63) is 0 Å². The first kappa shape index (κ1) is 15.6. The molecule has 1 aliphatic rings. The molecule has 1 saturated carbocycles. The van der Waals surface area contributed by atoms with E-state index in [9.17, 15) is 0 Å². The maximum Gasteiger partial charge on any atom is 0.0133 e. The molecule has 1 N–H and O–H groups in total. The summed E-state index contributed by atoms with van der Waals surface area (Å²) >= 11 is 0. The molecule has 0 radical (unpaired) electrons. The minimum absolute atomic E-state index is 0.528. The quantitative estimate of drug-likeness (QED) is 0.630. The first-order valence-electron chi connectivity index (χ1n) is 7.81. The van der Waals surface area contributed by atoms with Gasteiger partial charge in [-0.3, -0.25) is 0 Å². The van der Waals surface area contributed by atoms with Crippen LogP contribution in [0, 0.1) is 23.7 Å². The molecule has 1 fully saturated rings. The van der Waals surface area contributed by atoms with Crippen LogP contribution in [-0.2, 0) is 0 Å². The van der Waals surface area contributed by atoms with E-state index in [-0.39, 0.29) is 0 Å². The van der Waals surface area contributed by atoms with Gasteiger partial charge in [-0.1, -0.05) is 33.6 Å². The van der Waals surface area contributed by atoms with Crippen molar-refractivity contribution in [2.45, 2.75) is 78.2 Å². The van der Waals surface area contributed by atoms with Crippen LogP contribution in [0.1, 0.15) is 72.1 Å². The second kappa shape index (κ2) is 7.85. The van der Waals surface area contributed by atoms with Gasteiger partial charge >= 0.3 is 0 Å². The third-order valence-electron chi connectivity index (χ3n) is 4.37. The minimum atomic E-state index is 0.528. The first-order chi connectivity index (χ1) is 8.64. The highest BCUT2D eigenvalue weighted by Gasteiger charge is 2.40. The van der Waals surface area contributed by atoms with Gasteiger partial charge in [-0.25, -0.2) is 0 Å². The lowest BCUT2D eigenvalue weighted by Gasteiger charge is -2.40. The Labute approximate surface area is 114 Å². The zero-order valence-corrected chi connectivity index (χ0v) is 12.6. The Bertz CT molecular complexity index is 255. The summed E-state index contributed by atoms with van der Waals surface area (Å²) in [7, 11) is 0. The molecule has 1 rings (SSSR count). The summed E-state index contributed by atoms with van der Waals surface area (Å²) in [5.41, 5.74) is 0.528. The average molecular weight is 249 g/mol. The molecule has 1 heteroatoms. The zero-order valence-electron chi connectivity index (χ0n) is 12.6. The van der Waals surface area contributed by atoms with Crippen molar-refractivity contribution in [2.75, 3.05) is 6.54 Å². The van der Waals surface area contributed by atoms with E-state index in [0.29, 0.717) is 11.5 Å². The van der Waals surface area contributed by atoms with Crippen LogP contribution in [0.25, 0.3) is 0 Å². The highest BCUT2D eigenvalue weighted by atomic mass is 14.9. The molecule has 1 atom stereocenters. The van der Waals surface area contributed by atoms with E-state index in [0.717, 1.165) is 25.3 Å². The standard InChI is InChI=1S/C17H31N/c1-5-7-10-16(18-13-6-2)17(14-15(3)4)11-8-9-12-17/h1,15-16,18H,6-14H2,2-4H3. The Balaban J connectivity index is 2.72. The van der Waals surface area contributed by atoms with E-state index in [4.69, 9.17) is 6.42 Å². The second-order valence-corrected chi connectivity index (χ2v) is 6.42. The second-order valence-electron chi connectivity index (χ2n) is 6.42. The summed E-state index contributed by atoms with van der Waals surface area (Å²) in [6.07, 6.45) is 15.7. The number of rotatable bonds is 8. The number of nitrogens with one attached hydrogen (secondary N) is 1. The molecule has 0 amide bonds. The van der Waals surface area contributed by atoms with Crippen LogP contribution in [-0.4, -0.2) is 12.6 Å². The average Bonchev–Trinajstić information content (AvgIpc) is 2.77. The van der Waals surface area contributed by atoms with Gasteiger partial charge in [-0.2, -0.15) is 0 Å². The van der Waals surface area contributed by atoms with Crippen molar-refractivity contribution in [2.24, 2.45) is 11.3 Å². The van der Waals surface area contributed by atoms with Crippen molar-refractivity contribution in [3.8, 4) is 12.3 Å². The first-order valence-corrected chi connectivity index (χ1v) is 7.81. The number of terminal acetylenes is 1. The lowest BCUT2D eigenvalue weighted by atomic mass is 9.71. The van der Waals surface area contributed by atoms with Crippen LogP contribution in [0.4, 0.5) is 0 Å². The third-order valence-corrected chi connectivity index (χ3v) is 4.37. The fraction of sp³-hybridized carbons (Fsp3) is 0.882. The molecule has 1 unspecified atom stereocenters. The van der Waals surface area contributed by atoms with Gasteiger partial charge in [0.05, 0.1) is 0 Å². The van der Waals surface area contributed by atoms with Gasteiger partial charge in [0, 0.05) is 12.5 Å². The van der Waals surface area contributed by atoms with Crippen LogP contribution in [0.5, 0.6) is 0 Å². The van der Waals surface area contributed by atoms with Crippen LogP contribution < -0.4 is 5.32 Å². The van der Waals surface area contributed by atoms with Crippen molar-refractivity contribution in [3.63, 3.8) is 0 Å². The molecule has 0 aromatic heterocycles. The maximum absolute atomic E-state index is 5.47. The monoisotopic (exact) mass is 249 g/mol. The molecule has 0 aromatic rings. The summed E-state index contributed by atoms with van der Waals surface area (Å²) in [6.45, 7) is 8.10. The van der Waals surface area contributed by atoms with Gasteiger partial charge in [-0.05, 0) is 50.0 Å². The predicted octanol–water partition coefficient (Wildman–Crippen LogP) is 4.37. The molecule has 0 aromatic carbocycles. The highest BCUT2D eigenvalue weighted by molar-refractivity contribution is 4.97. The molecule has 0 bridgehead atoms. The lowest BCUT2D eigenvalue weighted by molar-refractivity contribution is 0.148. The fourth-order valence-corrected chi connectivity index (χ4v) is 3.76. The number of hydrogen-bond acceptors (Lipinski definition) is 1. The van der Waals surface area contributed by atoms with Crippen molar-refractivity contribution in [1.29, 1.82) is 0 Å². The molecule has 0 saturated heterocycles. The molecule has 0 heterocycles. The van der Waals surface area contributed by atoms with Gasteiger partial charge in [0.25, 0.3) is 0 Å². The molecular formula is C17H31N. The Morgan fingerprint density at radius 2 is 1.94 bits per heavy atom. The maximum atomic E-state index is 5.47. The molecule has 0 aliphatic heterocycles. The Kier molecular flexibility index (Phi) is 6.79. The molecule has 18 heavy (non-hydrogen) atoms. The summed E-state index contributed by atoms with van der Waals surface area (Å²) in [4.78, 5) is 0. The van der Waals surface area contributed by atoms with E-state index < -0.39 is 0 Å². The Morgan fingerprint density at radius 1 is 1.28 bits per heavy atom. The van der Waals surface area contributed by atoms with E-state index in [2.05, 4.69) is 32.0 Å². The topological polar surface area (TPSA) is 12.0 Å². The summed E-state index contributed by atoms with van der Waals surface area (Å²) in [5.74, 6) is 3.62. The summed E-state index contributed by atoms with van der Waals surface area (Å²) < 4.78 is 0. The minimum Gasteiger partial charge on any atom is -0.313 e. The highest BCUT2D eigenvalue weighted by Crippen LogP contribution is 2.47. The molecule has 1 aliphatic carbocycles. The lowest BCUT2D eigenvalue weighted by Crippen LogP contribution is -2.45. The van der Waals surface area contributed by atoms with Gasteiger partial charge in [0.2, 0.25) is 0 Å². The fourth-order valence-electron chi connectivity index (χ4n) is 3.76. The molecule has 0 spiro atoms. The van der Waals surface area contributed by atoms with Gasteiger partial charge in [0.15, 0.2) is 0 Å². The predicted molar refractivity (Wildman–Crippen MR) is 80.5 cm³/mol. The van der Waals surface area contributed by atoms with Crippen LogP contribution in [0.3, 0.4) is 0 Å². The van der Waals surface area contributed by atoms with Gasteiger partial charge in [-0.15, -0.1) is 12.3 Å². The van der Waals surface area contributed by atoms with Crippen LogP contribution in [0.2, 0.25) is 0 Å². The van der Waals surface area contributed by atoms with Crippen LogP contribution >= 0.6 is 0 Å². The SMILES string of the molecule is C#CCCC(NCCC)C1(CC(C)C)CCCC1. The molecule has 104 valence electrons.